The molecule has 2 bridgehead atoms. The number of nitrogens with zero attached hydrogens (tertiary/aromatic N) is 3. The molecule has 0 aromatic carbocycles. The number of aromatic nitrogens is 2. The molecule has 32 heavy (non-hydrogen) atoms. The fraction of sp³-hybridized carbons (Fsp3) is 0.571. The van der Waals surface area contributed by atoms with Crippen LogP contribution in [0.15, 0.2) is 11.0 Å². The Bertz CT molecular complexity index is 1080. The van der Waals surface area contributed by atoms with Crippen molar-refractivity contribution in [2.24, 2.45) is 0 Å². The Hall–Kier alpha value is -1.65. The minimum Gasteiger partial charge on any atom is -0.475 e. The topological polar surface area (TPSA) is 82.9 Å². The van der Waals surface area contributed by atoms with E-state index in [1.807, 2.05) is 0 Å². The van der Waals surface area contributed by atoms with Crippen LogP contribution in [0.3, 0.4) is 0 Å². The Morgan fingerprint density at radius 3 is 2.81 bits per heavy atom. The van der Waals surface area contributed by atoms with Crippen LogP contribution in [0.5, 0.6) is 5.88 Å². The lowest BCUT2D eigenvalue weighted by Gasteiger charge is -2.26. The van der Waals surface area contributed by atoms with Crippen LogP contribution in [0.4, 0.5) is 0 Å². The highest BCUT2D eigenvalue weighted by Crippen LogP contribution is 2.53. The van der Waals surface area contributed by atoms with Gasteiger partial charge in [-0.25, -0.2) is 13.7 Å². The number of esters is 1. The third-order valence-electron chi connectivity index (χ3n) is 6.35. The normalized spacial score (nSPS) is 22.2. The van der Waals surface area contributed by atoms with Crippen molar-refractivity contribution in [1.82, 2.24) is 13.8 Å². The molecule has 5 rings (SSSR count). The van der Waals surface area contributed by atoms with Crippen molar-refractivity contribution in [3.05, 3.63) is 42.6 Å². The third kappa shape index (κ3) is 4.17. The van der Waals surface area contributed by atoms with Crippen LogP contribution >= 0.6 is 34.7 Å². The van der Waals surface area contributed by atoms with E-state index in [4.69, 9.17) is 37.4 Å². The summed E-state index contributed by atoms with van der Waals surface area (Å²) in [7, 11) is 0. The summed E-state index contributed by atoms with van der Waals surface area (Å²) in [6.07, 6.45) is 4.60. The van der Waals surface area contributed by atoms with Gasteiger partial charge in [0.25, 0.3) is 5.56 Å². The molecule has 2 unspecified atom stereocenters. The van der Waals surface area contributed by atoms with Crippen molar-refractivity contribution in [2.45, 2.75) is 37.8 Å². The van der Waals surface area contributed by atoms with Gasteiger partial charge in [0.15, 0.2) is 6.73 Å². The van der Waals surface area contributed by atoms with Crippen LogP contribution in [0.1, 0.15) is 51.9 Å². The van der Waals surface area contributed by atoms with Gasteiger partial charge in [-0.2, -0.15) is 0 Å². The zero-order valence-electron chi connectivity index (χ0n) is 17.4. The van der Waals surface area contributed by atoms with E-state index in [9.17, 15) is 9.59 Å². The zero-order chi connectivity index (χ0) is 22.2. The number of carbonyl (C=O) groups is 1. The summed E-state index contributed by atoms with van der Waals surface area (Å²) in [5.74, 6) is 0.242. The fourth-order valence-corrected chi connectivity index (χ4v) is 6.50. The fourth-order valence-electron chi connectivity index (χ4n) is 4.71. The molecule has 0 spiro atoms. The molecule has 1 aliphatic heterocycles. The molecule has 172 valence electrons. The Morgan fingerprint density at radius 2 is 2.03 bits per heavy atom. The molecule has 2 aromatic heterocycles. The smallest absolute Gasteiger partial charge is 0.343 e. The Kier molecular flexibility index (Phi) is 6.44. The first kappa shape index (κ1) is 22.2. The number of pyridine rings is 1. The van der Waals surface area contributed by atoms with E-state index in [-0.39, 0.29) is 33.8 Å². The van der Waals surface area contributed by atoms with Gasteiger partial charge in [0.05, 0.1) is 24.4 Å². The lowest BCUT2D eigenvalue weighted by Crippen LogP contribution is -2.38. The predicted molar refractivity (Wildman–Crippen MR) is 120 cm³/mol. The van der Waals surface area contributed by atoms with Crippen molar-refractivity contribution in [2.75, 3.05) is 39.5 Å². The van der Waals surface area contributed by atoms with Crippen LogP contribution in [-0.4, -0.2) is 59.3 Å². The summed E-state index contributed by atoms with van der Waals surface area (Å²) in [6, 6.07) is 0. The number of morpholine rings is 1. The van der Waals surface area contributed by atoms with Crippen molar-refractivity contribution in [1.29, 1.82) is 0 Å². The maximum absolute atomic E-state index is 12.8. The highest BCUT2D eigenvalue weighted by atomic mass is 35.5. The van der Waals surface area contributed by atoms with E-state index in [0.29, 0.717) is 38.2 Å². The van der Waals surface area contributed by atoms with E-state index in [1.54, 1.807) is 0 Å². The number of hydrogen-bond donors (Lipinski definition) is 0. The van der Waals surface area contributed by atoms with Crippen molar-refractivity contribution >= 4 is 40.7 Å². The maximum Gasteiger partial charge on any atom is 0.343 e. The molecule has 0 N–H and O–H groups in total. The van der Waals surface area contributed by atoms with Crippen LogP contribution in [0.2, 0.25) is 10.0 Å². The standard InChI is InChI=1S/C21H23Cl2N3O5S/c22-14-10-24-19(30-8-5-25-3-6-29-7-4-25)17(23)16(14)21(28)31-11-26-20(27)15-12-1-2-13(9-12)18(15)32-26/h10,12-13H,1-9,11H2. The molecular weight excluding hydrogens is 477 g/mol. The van der Waals surface area contributed by atoms with Crippen molar-refractivity contribution in [3.63, 3.8) is 0 Å². The summed E-state index contributed by atoms with van der Waals surface area (Å²) in [5, 5.41) is 0.0723. The SMILES string of the molecule is O=C(OCn1sc2c(c1=O)C1CCC2C1)c1c(Cl)cnc(OCCN2CCOCC2)c1Cl. The largest absolute Gasteiger partial charge is 0.475 e. The number of halogens is 2. The number of fused-ring (bicyclic) bond motifs is 5. The number of carbonyl (C=O) groups excluding carboxylic acids is 1. The number of hydrogen-bond acceptors (Lipinski definition) is 8. The van der Waals surface area contributed by atoms with Crippen LogP contribution in [-0.2, 0) is 16.2 Å². The van der Waals surface area contributed by atoms with E-state index in [2.05, 4.69) is 9.88 Å². The Balaban J connectivity index is 1.24. The second kappa shape index (κ2) is 9.30. The monoisotopic (exact) mass is 499 g/mol. The average molecular weight is 500 g/mol. The molecule has 0 radical (unpaired) electrons. The highest BCUT2D eigenvalue weighted by Gasteiger charge is 2.41. The second-order valence-corrected chi connectivity index (χ2v) is 10.1. The zero-order valence-corrected chi connectivity index (χ0v) is 19.7. The molecular formula is C21H23Cl2N3O5S. The molecule has 2 fully saturated rings. The van der Waals surface area contributed by atoms with Crippen LogP contribution in [0.25, 0.3) is 0 Å². The summed E-state index contributed by atoms with van der Waals surface area (Å²) in [5.41, 5.74) is 0.851. The van der Waals surface area contributed by atoms with E-state index < -0.39 is 5.97 Å². The minimum absolute atomic E-state index is 0.00328. The van der Waals surface area contributed by atoms with Gasteiger partial charge in [-0.15, -0.1) is 0 Å². The van der Waals surface area contributed by atoms with Crippen LogP contribution in [0, 0.1) is 0 Å². The van der Waals surface area contributed by atoms with Crippen molar-refractivity contribution in [3.8, 4) is 5.88 Å². The highest BCUT2D eigenvalue weighted by molar-refractivity contribution is 7.06. The molecule has 1 saturated heterocycles. The van der Waals surface area contributed by atoms with Gasteiger partial charge < -0.3 is 14.2 Å². The summed E-state index contributed by atoms with van der Waals surface area (Å²) >= 11 is 14.0. The van der Waals surface area contributed by atoms with Gasteiger partial charge in [0, 0.05) is 30.1 Å². The Morgan fingerprint density at radius 1 is 1.25 bits per heavy atom. The third-order valence-corrected chi connectivity index (χ3v) is 8.23. The van der Waals surface area contributed by atoms with Crippen LogP contribution < -0.4 is 10.3 Å². The van der Waals surface area contributed by atoms with Gasteiger partial charge in [0.2, 0.25) is 5.88 Å². The molecule has 0 amide bonds. The van der Waals surface area contributed by atoms with Crippen molar-refractivity contribution < 1.29 is 19.0 Å². The van der Waals surface area contributed by atoms with E-state index in [0.717, 1.165) is 42.8 Å². The quantitative estimate of drug-likeness (QED) is 0.539. The maximum atomic E-state index is 12.8. The van der Waals surface area contributed by atoms with Gasteiger partial charge >= 0.3 is 5.97 Å². The van der Waals surface area contributed by atoms with E-state index in [1.165, 1.54) is 21.7 Å². The molecule has 11 heteroatoms. The number of ether oxygens (including phenoxy) is 3. The van der Waals surface area contributed by atoms with Gasteiger partial charge in [-0.05, 0) is 31.1 Å². The lowest BCUT2D eigenvalue weighted by atomic mass is 10.00. The average Bonchev–Trinajstić information content (AvgIpc) is 3.48. The molecule has 8 nitrogen and oxygen atoms in total. The molecule has 3 aliphatic rings. The first-order chi connectivity index (χ1) is 15.5. The lowest BCUT2D eigenvalue weighted by molar-refractivity contribution is 0.0318. The summed E-state index contributed by atoms with van der Waals surface area (Å²) in [6.45, 7) is 3.97. The first-order valence-corrected chi connectivity index (χ1v) is 12.2. The van der Waals surface area contributed by atoms with Gasteiger partial charge in [-0.3, -0.25) is 9.69 Å². The summed E-state index contributed by atoms with van der Waals surface area (Å²) < 4.78 is 17.9. The second-order valence-electron chi connectivity index (χ2n) is 8.22. The van der Waals surface area contributed by atoms with Gasteiger partial charge in [-0.1, -0.05) is 34.7 Å². The summed E-state index contributed by atoms with van der Waals surface area (Å²) in [4.78, 5) is 32.9. The number of rotatable bonds is 7. The predicted octanol–water partition coefficient (Wildman–Crippen LogP) is 3.50. The molecule has 1 saturated carbocycles. The molecule has 2 atom stereocenters. The minimum atomic E-state index is -0.719. The Labute approximate surface area is 199 Å². The molecule has 2 aromatic rings. The first-order valence-electron chi connectivity index (χ1n) is 10.7. The van der Waals surface area contributed by atoms with E-state index >= 15 is 0 Å². The molecule has 3 heterocycles. The van der Waals surface area contributed by atoms with Gasteiger partial charge in [0.1, 0.15) is 17.2 Å². The molecule has 2 aliphatic carbocycles.